The van der Waals surface area contributed by atoms with Crippen molar-refractivity contribution in [3.8, 4) is 0 Å². The van der Waals surface area contributed by atoms with Crippen LogP contribution < -0.4 is 0 Å². The molecule has 0 bridgehead atoms. The summed E-state index contributed by atoms with van der Waals surface area (Å²) < 4.78 is 16.8. The molecule has 0 rings (SSSR count). The van der Waals surface area contributed by atoms with Crippen molar-refractivity contribution in [3.05, 3.63) is 72.9 Å². The lowest BCUT2D eigenvalue weighted by Gasteiger charge is -2.18. The molecule has 0 saturated carbocycles. The first-order chi connectivity index (χ1) is 31.5. The van der Waals surface area contributed by atoms with Crippen LogP contribution in [0.3, 0.4) is 0 Å². The largest absolute Gasteiger partial charge is 0.462 e. The Bertz CT molecular complexity index is 1210. The SMILES string of the molecule is CCCCC/C=C\C/C=C\C/C=C\CCCCCCC(=O)OC[C@@H](COC(=O)CCCCCCCCCCCCCC)OC(=O)CCCCCC/C=C\C/C=C\C/C=C\CCCCC. The Morgan fingerprint density at radius 3 is 0.906 bits per heavy atom. The zero-order valence-corrected chi connectivity index (χ0v) is 42.0. The highest BCUT2D eigenvalue weighted by molar-refractivity contribution is 5.71. The van der Waals surface area contributed by atoms with Gasteiger partial charge in [0.1, 0.15) is 13.2 Å². The van der Waals surface area contributed by atoms with Crippen LogP contribution in [0.1, 0.15) is 258 Å². The monoisotopic (exact) mass is 893 g/mol. The van der Waals surface area contributed by atoms with Crippen molar-refractivity contribution in [1.29, 1.82) is 0 Å². The minimum absolute atomic E-state index is 0.0904. The Labute approximate surface area is 395 Å². The molecular formula is C58H100O6. The summed E-state index contributed by atoms with van der Waals surface area (Å²) in [5, 5.41) is 0. The summed E-state index contributed by atoms with van der Waals surface area (Å²) in [6, 6.07) is 0. The molecule has 0 fully saturated rings. The van der Waals surface area contributed by atoms with Gasteiger partial charge in [0.25, 0.3) is 0 Å². The maximum Gasteiger partial charge on any atom is 0.306 e. The molecule has 0 aliphatic heterocycles. The van der Waals surface area contributed by atoms with E-state index in [1.54, 1.807) is 0 Å². The van der Waals surface area contributed by atoms with Gasteiger partial charge in [0.2, 0.25) is 0 Å². The lowest BCUT2D eigenvalue weighted by Crippen LogP contribution is -2.30. The first-order valence-electron chi connectivity index (χ1n) is 26.9. The fraction of sp³-hybridized carbons (Fsp3) is 0.741. The highest BCUT2D eigenvalue weighted by Crippen LogP contribution is 2.14. The van der Waals surface area contributed by atoms with Crippen molar-refractivity contribution in [3.63, 3.8) is 0 Å². The maximum atomic E-state index is 12.8. The van der Waals surface area contributed by atoms with Crippen LogP contribution in [0, 0.1) is 0 Å². The molecule has 0 heterocycles. The van der Waals surface area contributed by atoms with Gasteiger partial charge >= 0.3 is 17.9 Å². The van der Waals surface area contributed by atoms with Crippen molar-refractivity contribution >= 4 is 17.9 Å². The van der Waals surface area contributed by atoms with E-state index in [9.17, 15) is 14.4 Å². The van der Waals surface area contributed by atoms with E-state index in [-0.39, 0.29) is 31.1 Å². The van der Waals surface area contributed by atoms with E-state index in [4.69, 9.17) is 14.2 Å². The van der Waals surface area contributed by atoms with Crippen LogP contribution in [-0.4, -0.2) is 37.2 Å². The summed E-state index contributed by atoms with van der Waals surface area (Å²) in [6.07, 6.45) is 65.9. The topological polar surface area (TPSA) is 78.9 Å². The maximum absolute atomic E-state index is 12.8. The van der Waals surface area contributed by atoms with Gasteiger partial charge in [-0.3, -0.25) is 14.4 Å². The second kappa shape index (κ2) is 52.5. The molecular weight excluding hydrogens is 793 g/mol. The normalized spacial score (nSPS) is 12.6. The van der Waals surface area contributed by atoms with Crippen LogP contribution in [0.5, 0.6) is 0 Å². The molecule has 1 atom stereocenters. The van der Waals surface area contributed by atoms with Crippen LogP contribution in [0.15, 0.2) is 72.9 Å². The van der Waals surface area contributed by atoms with Gasteiger partial charge < -0.3 is 14.2 Å². The van der Waals surface area contributed by atoms with Crippen molar-refractivity contribution in [2.45, 2.75) is 264 Å². The summed E-state index contributed by atoms with van der Waals surface area (Å²) in [6.45, 7) is 6.55. The van der Waals surface area contributed by atoms with Crippen LogP contribution in [0.25, 0.3) is 0 Å². The molecule has 0 aromatic heterocycles. The minimum atomic E-state index is -0.794. The van der Waals surface area contributed by atoms with Gasteiger partial charge in [0, 0.05) is 19.3 Å². The number of unbranched alkanes of at least 4 members (excludes halogenated alkanes) is 25. The summed E-state index contributed by atoms with van der Waals surface area (Å²) in [4.78, 5) is 38.0. The molecule has 0 N–H and O–H groups in total. The van der Waals surface area contributed by atoms with Crippen molar-refractivity contribution < 1.29 is 28.6 Å². The van der Waals surface area contributed by atoms with Gasteiger partial charge in [0.15, 0.2) is 6.10 Å². The summed E-state index contributed by atoms with van der Waals surface area (Å²) in [5.74, 6) is -0.931. The lowest BCUT2D eigenvalue weighted by atomic mass is 10.0. The fourth-order valence-electron chi connectivity index (χ4n) is 7.34. The smallest absolute Gasteiger partial charge is 0.306 e. The van der Waals surface area contributed by atoms with Crippen molar-refractivity contribution in [2.75, 3.05) is 13.2 Å². The molecule has 0 spiro atoms. The molecule has 0 radical (unpaired) electrons. The number of rotatable bonds is 48. The number of hydrogen-bond acceptors (Lipinski definition) is 6. The second-order valence-corrected chi connectivity index (χ2v) is 17.8. The summed E-state index contributed by atoms with van der Waals surface area (Å²) >= 11 is 0. The third kappa shape index (κ3) is 49.9. The van der Waals surface area contributed by atoms with Gasteiger partial charge in [0.05, 0.1) is 0 Å². The molecule has 368 valence electrons. The number of allylic oxidation sites excluding steroid dienone is 12. The Kier molecular flexibility index (Phi) is 49.9. The first-order valence-corrected chi connectivity index (χ1v) is 26.9. The quantitative estimate of drug-likeness (QED) is 0.0262. The molecule has 64 heavy (non-hydrogen) atoms. The third-order valence-electron chi connectivity index (χ3n) is 11.4. The Hall–Kier alpha value is -3.15. The molecule has 0 unspecified atom stereocenters. The van der Waals surface area contributed by atoms with E-state index in [1.165, 1.54) is 109 Å². The van der Waals surface area contributed by atoms with Crippen molar-refractivity contribution in [1.82, 2.24) is 0 Å². The van der Waals surface area contributed by atoms with Crippen LogP contribution in [-0.2, 0) is 28.6 Å². The number of carbonyl (C=O) groups excluding carboxylic acids is 3. The molecule has 0 aliphatic carbocycles. The molecule has 6 nitrogen and oxygen atoms in total. The standard InChI is InChI=1S/C58H100O6/c1-4-7-10-13-16-19-22-25-27-29-31-33-36-39-42-45-48-51-57(60)63-54-55(53-62-56(59)50-47-44-41-38-35-24-21-18-15-12-9-6-3)64-58(61)52-49-46-43-40-37-34-32-30-28-26-23-20-17-14-11-8-5-2/h16-17,19-20,25-28,31-34,55H,4-15,18,21-24,29-30,35-54H2,1-3H3/b19-16-,20-17-,27-25-,28-26-,33-31-,34-32-/t55-/m1/s1. The van der Waals surface area contributed by atoms with E-state index in [1.807, 2.05) is 0 Å². The molecule has 0 aromatic carbocycles. The van der Waals surface area contributed by atoms with E-state index in [0.717, 1.165) is 109 Å². The Balaban J connectivity index is 4.46. The Morgan fingerprint density at radius 1 is 0.312 bits per heavy atom. The number of esters is 3. The number of carbonyl (C=O) groups is 3. The molecule has 0 saturated heterocycles. The van der Waals surface area contributed by atoms with Crippen molar-refractivity contribution in [2.24, 2.45) is 0 Å². The molecule has 0 aliphatic rings. The number of hydrogen-bond donors (Lipinski definition) is 0. The predicted octanol–water partition coefficient (Wildman–Crippen LogP) is 17.8. The second-order valence-electron chi connectivity index (χ2n) is 17.8. The minimum Gasteiger partial charge on any atom is -0.462 e. The third-order valence-corrected chi connectivity index (χ3v) is 11.4. The molecule has 0 amide bonds. The zero-order valence-electron chi connectivity index (χ0n) is 42.0. The lowest BCUT2D eigenvalue weighted by molar-refractivity contribution is -0.167. The number of ether oxygens (including phenoxy) is 3. The Morgan fingerprint density at radius 2 is 0.562 bits per heavy atom. The summed E-state index contributed by atoms with van der Waals surface area (Å²) in [7, 11) is 0. The molecule has 6 heteroatoms. The van der Waals surface area contributed by atoms with Crippen LogP contribution >= 0.6 is 0 Å². The van der Waals surface area contributed by atoms with Crippen LogP contribution in [0.4, 0.5) is 0 Å². The average Bonchev–Trinajstić information content (AvgIpc) is 3.29. The van der Waals surface area contributed by atoms with Gasteiger partial charge in [-0.05, 0) is 96.3 Å². The average molecular weight is 893 g/mol. The van der Waals surface area contributed by atoms with E-state index >= 15 is 0 Å². The first kappa shape index (κ1) is 60.9. The van der Waals surface area contributed by atoms with Gasteiger partial charge in [-0.15, -0.1) is 0 Å². The van der Waals surface area contributed by atoms with E-state index < -0.39 is 6.10 Å². The van der Waals surface area contributed by atoms with Gasteiger partial charge in [-0.25, -0.2) is 0 Å². The predicted molar refractivity (Wildman–Crippen MR) is 274 cm³/mol. The van der Waals surface area contributed by atoms with E-state index in [2.05, 4.69) is 93.7 Å². The van der Waals surface area contributed by atoms with Gasteiger partial charge in [-0.1, -0.05) is 216 Å². The summed E-state index contributed by atoms with van der Waals surface area (Å²) in [5.41, 5.74) is 0. The highest BCUT2D eigenvalue weighted by Gasteiger charge is 2.19. The molecule has 0 aromatic rings. The van der Waals surface area contributed by atoms with Gasteiger partial charge in [-0.2, -0.15) is 0 Å². The highest BCUT2D eigenvalue weighted by atomic mass is 16.6. The van der Waals surface area contributed by atoms with Crippen LogP contribution in [0.2, 0.25) is 0 Å². The zero-order chi connectivity index (χ0) is 46.5. The fourth-order valence-corrected chi connectivity index (χ4v) is 7.34. The van der Waals surface area contributed by atoms with E-state index in [0.29, 0.717) is 19.3 Å².